The monoisotopic (exact) mass is 328 g/mol. The number of halogens is 5. The zero-order valence-electron chi connectivity index (χ0n) is 11.6. The number of rotatable bonds is 5. The van der Waals surface area contributed by atoms with Crippen LogP contribution in [-0.4, -0.2) is 6.21 Å². The SMILES string of the molecule is FC(F)c1ccccc1CO/N=[C]\c1cccc(C(F)(F)F)c1. The lowest BCUT2D eigenvalue weighted by molar-refractivity contribution is -0.137. The Bertz CT molecular complexity index is 682. The third-order valence-corrected chi connectivity index (χ3v) is 2.94. The second kappa shape index (κ2) is 7.21. The van der Waals surface area contributed by atoms with E-state index in [0.29, 0.717) is 0 Å². The minimum Gasteiger partial charge on any atom is -0.390 e. The molecule has 0 unspecified atom stereocenters. The van der Waals surface area contributed by atoms with E-state index in [9.17, 15) is 22.0 Å². The zero-order valence-corrected chi connectivity index (χ0v) is 11.6. The molecule has 2 aromatic rings. The van der Waals surface area contributed by atoms with Gasteiger partial charge in [0, 0.05) is 16.7 Å². The van der Waals surface area contributed by atoms with Crippen molar-refractivity contribution in [3.8, 4) is 0 Å². The molecule has 7 heteroatoms. The Morgan fingerprint density at radius 2 is 1.78 bits per heavy atom. The fourth-order valence-corrected chi connectivity index (χ4v) is 1.83. The summed E-state index contributed by atoms with van der Waals surface area (Å²) in [6.07, 6.45) is -4.82. The molecule has 2 aromatic carbocycles. The van der Waals surface area contributed by atoms with Gasteiger partial charge in [-0.3, -0.25) is 0 Å². The fourth-order valence-electron chi connectivity index (χ4n) is 1.83. The van der Waals surface area contributed by atoms with Crippen LogP contribution in [0.4, 0.5) is 22.0 Å². The van der Waals surface area contributed by atoms with E-state index in [0.717, 1.165) is 12.1 Å². The quantitative estimate of drug-likeness (QED) is 0.426. The smallest absolute Gasteiger partial charge is 0.390 e. The minimum absolute atomic E-state index is 0.0713. The molecular formula is C16H11F5NO. The van der Waals surface area contributed by atoms with E-state index in [1.54, 1.807) is 6.07 Å². The summed E-state index contributed by atoms with van der Waals surface area (Å²) in [7, 11) is 0. The van der Waals surface area contributed by atoms with Crippen molar-refractivity contribution in [1.29, 1.82) is 0 Å². The standard InChI is InChI=1S/C16H11F5NO/c17-15(18)14-7-2-1-5-12(14)10-23-22-9-11-4-3-6-13(8-11)16(19,20)21/h1-8,15H,10H2. The summed E-state index contributed by atoms with van der Waals surface area (Å²) in [5.41, 5.74) is -0.693. The molecule has 0 aliphatic carbocycles. The van der Waals surface area contributed by atoms with Crippen LogP contribution < -0.4 is 0 Å². The first kappa shape index (κ1) is 16.9. The van der Waals surface area contributed by atoms with Crippen LogP contribution in [0.1, 0.15) is 28.7 Å². The van der Waals surface area contributed by atoms with Gasteiger partial charge in [0.2, 0.25) is 0 Å². The molecule has 0 N–H and O–H groups in total. The van der Waals surface area contributed by atoms with Crippen LogP contribution in [0.3, 0.4) is 0 Å². The molecule has 2 nitrogen and oxygen atoms in total. The second-order valence-corrected chi connectivity index (χ2v) is 4.55. The van der Waals surface area contributed by atoms with Crippen LogP contribution in [0.5, 0.6) is 0 Å². The van der Waals surface area contributed by atoms with Gasteiger partial charge in [0.15, 0.2) is 0 Å². The van der Waals surface area contributed by atoms with E-state index in [2.05, 4.69) is 11.4 Å². The molecule has 0 spiro atoms. The van der Waals surface area contributed by atoms with Crippen LogP contribution in [0.15, 0.2) is 53.7 Å². The first-order chi connectivity index (χ1) is 10.9. The first-order valence-electron chi connectivity index (χ1n) is 6.49. The molecule has 23 heavy (non-hydrogen) atoms. The maximum absolute atomic E-state index is 12.7. The highest BCUT2D eigenvalue weighted by Gasteiger charge is 2.30. The Hall–Kier alpha value is -2.44. The van der Waals surface area contributed by atoms with Gasteiger partial charge in [-0.15, -0.1) is 0 Å². The number of benzene rings is 2. The summed E-state index contributed by atoms with van der Waals surface area (Å²) in [5, 5.41) is 3.40. The molecule has 0 aliphatic heterocycles. The Kier molecular flexibility index (Phi) is 5.31. The van der Waals surface area contributed by atoms with Crippen molar-refractivity contribution in [2.75, 3.05) is 0 Å². The Morgan fingerprint density at radius 1 is 1.04 bits per heavy atom. The predicted molar refractivity (Wildman–Crippen MR) is 74.2 cm³/mol. The van der Waals surface area contributed by atoms with Gasteiger partial charge in [0.25, 0.3) is 6.43 Å². The van der Waals surface area contributed by atoms with Gasteiger partial charge in [-0.25, -0.2) is 8.78 Å². The molecule has 1 radical (unpaired) electrons. The molecule has 0 bridgehead atoms. The molecule has 121 valence electrons. The van der Waals surface area contributed by atoms with Crippen molar-refractivity contribution in [1.82, 2.24) is 0 Å². The number of hydrogen-bond donors (Lipinski definition) is 0. The van der Waals surface area contributed by atoms with E-state index in [4.69, 9.17) is 4.84 Å². The van der Waals surface area contributed by atoms with Crippen molar-refractivity contribution < 1.29 is 26.8 Å². The topological polar surface area (TPSA) is 21.6 Å². The summed E-state index contributed by atoms with van der Waals surface area (Å²) in [6.45, 7) is -0.230. The molecular weight excluding hydrogens is 317 g/mol. The van der Waals surface area contributed by atoms with Crippen molar-refractivity contribution in [2.45, 2.75) is 19.2 Å². The Balaban J connectivity index is 2.01. The number of nitrogens with zero attached hydrogens (tertiary/aromatic N) is 1. The Labute approximate surface area is 129 Å². The summed E-state index contributed by atoms with van der Waals surface area (Å²) < 4.78 is 63.1. The molecule has 0 fully saturated rings. The fraction of sp³-hybridized carbons (Fsp3) is 0.188. The van der Waals surface area contributed by atoms with Gasteiger partial charge in [0.1, 0.15) is 12.8 Å². The summed E-state index contributed by atoms with van der Waals surface area (Å²) >= 11 is 0. The molecule has 0 saturated carbocycles. The van der Waals surface area contributed by atoms with Crippen LogP contribution in [0, 0.1) is 0 Å². The summed E-state index contributed by atoms with van der Waals surface area (Å²) in [5.74, 6) is 0. The van der Waals surface area contributed by atoms with Crippen molar-refractivity contribution >= 4 is 6.21 Å². The molecule has 0 heterocycles. The lowest BCUT2D eigenvalue weighted by Crippen LogP contribution is -2.05. The van der Waals surface area contributed by atoms with Crippen molar-refractivity contribution in [3.05, 3.63) is 70.8 Å². The molecule has 0 atom stereocenters. The molecule has 2 rings (SSSR count). The minimum atomic E-state index is -4.46. The number of hydrogen-bond acceptors (Lipinski definition) is 2. The number of alkyl halides is 5. The largest absolute Gasteiger partial charge is 0.416 e. The van der Waals surface area contributed by atoms with Crippen molar-refractivity contribution in [3.63, 3.8) is 0 Å². The summed E-state index contributed by atoms with van der Waals surface area (Å²) in [6, 6.07) is 10.1. The third-order valence-electron chi connectivity index (χ3n) is 2.94. The van der Waals surface area contributed by atoms with Crippen LogP contribution in [0.2, 0.25) is 0 Å². The maximum atomic E-state index is 12.7. The molecule has 0 aromatic heterocycles. The maximum Gasteiger partial charge on any atom is 0.416 e. The van der Waals surface area contributed by atoms with E-state index in [1.807, 2.05) is 0 Å². The average Bonchev–Trinajstić information content (AvgIpc) is 2.51. The van der Waals surface area contributed by atoms with E-state index in [1.165, 1.54) is 30.3 Å². The molecule has 0 aliphatic rings. The predicted octanol–water partition coefficient (Wildman–Crippen LogP) is 5.07. The van der Waals surface area contributed by atoms with Gasteiger partial charge < -0.3 is 4.84 Å². The van der Waals surface area contributed by atoms with Crippen LogP contribution in [0.25, 0.3) is 0 Å². The van der Waals surface area contributed by atoms with Gasteiger partial charge in [-0.2, -0.15) is 13.2 Å². The van der Waals surface area contributed by atoms with Gasteiger partial charge in [0.05, 0.1) is 5.56 Å². The highest BCUT2D eigenvalue weighted by atomic mass is 19.4. The highest BCUT2D eigenvalue weighted by Crippen LogP contribution is 2.29. The van der Waals surface area contributed by atoms with E-state index >= 15 is 0 Å². The second-order valence-electron chi connectivity index (χ2n) is 4.55. The lowest BCUT2D eigenvalue weighted by Gasteiger charge is -2.07. The first-order valence-corrected chi connectivity index (χ1v) is 6.49. The zero-order chi connectivity index (χ0) is 16.9. The van der Waals surface area contributed by atoms with E-state index < -0.39 is 18.2 Å². The Morgan fingerprint density at radius 3 is 2.48 bits per heavy atom. The van der Waals surface area contributed by atoms with Gasteiger partial charge in [-0.05, 0) is 12.1 Å². The van der Waals surface area contributed by atoms with Gasteiger partial charge in [-0.1, -0.05) is 41.6 Å². The van der Waals surface area contributed by atoms with E-state index in [-0.39, 0.29) is 23.3 Å². The molecule has 0 saturated heterocycles. The third kappa shape index (κ3) is 4.77. The molecule has 0 amide bonds. The summed E-state index contributed by atoms with van der Waals surface area (Å²) in [4.78, 5) is 4.84. The average molecular weight is 328 g/mol. The highest BCUT2D eigenvalue weighted by molar-refractivity contribution is 5.79. The lowest BCUT2D eigenvalue weighted by atomic mass is 10.1. The van der Waals surface area contributed by atoms with Crippen LogP contribution >= 0.6 is 0 Å². The van der Waals surface area contributed by atoms with Crippen LogP contribution in [-0.2, 0) is 17.6 Å². The normalized spacial score (nSPS) is 12.1. The van der Waals surface area contributed by atoms with Gasteiger partial charge >= 0.3 is 6.18 Å². The van der Waals surface area contributed by atoms with Crippen molar-refractivity contribution in [2.24, 2.45) is 5.16 Å².